The van der Waals surface area contributed by atoms with E-state index < -0.39 is 18.4 Å². The number of piperazine rings is 1. The highest BCUT2D eigenvalue weighted by atomic mass is 16.6. The van der Waals surface area contributed by atoms with E-state index in [1.807, 2.05) is 0 Å². The fourth-order valence-electron chi connectivity index (χ4n) is 3.13. The lowest BCUT2D eigenvalue weighted by atomic mass is 10.2. The lowest BCUT2D eigenvalue weighted by Crippen LogP contribution is -2.64. The van der Waals surface area contributed by atoms with Crippen molar-refractivity contribution in [3.05, 3.63) is 12.7 Å². The molecule has 2 aliphatic heterocycles. The summed E-state index contributed by atoms with van der Waals surface area (Å²) >= 11 is 0. The van der Waals surface area contributed by atoms with Crippen LogP contribution in [0.2, 0.25) is 0 Å². The second kappa shape index (κ2) is 6.45. The zero-order valence-corrected chi connectivity index (χ0v) is 12.7. The Kier molecular flexibility index (Phi) is 4.82. The molecule has 0 saturated carbocycles. The molecule has 0 aliphatic carbocycles. The number of likely N-dealkylation sites (N-methyl/N-ethyl adjacent to an activating group) is 1. The van der Waals surface area contributed by atoms with Gasteiger partial charge in [0.2, 0.25) is 12.3 Å². The number of carbonyl (C=O) groups is 3. The van der Waals surface area contributed by atoms with Crippen LogP contribution in [0.5, 0.6) is 0 Å². The van der Waals surface area contributed by atoms with Crippen molar-refractivity contribution in [2.45, 2.75) is 18.7 Å². The molecule has 0 bridgehead atoms. The second-order valence-electron chi connectivity index (χ2n) is 5.85. The van der Waals surface area contributed by atoms with Gasteiger partial charge in [-0.1, -0.05) is 12.7 Å². The summed E-state index contributed by atoms with van der Waals surface area (Å²) in [5.74, 6) is -0.224. The summed E-state index contributed by atoms with van der Waals surface area (Å²) in [7, 11) is 1.66. The molecule has 8 nitrogen and oxygen atoms in total. The quantitative estimate of drug-likeness (QED) is 0.415. The summed E-state index contributed by atoms with van der Waals surface area (Å²) in [4.78, 5) is 38.3. The van der Waals surface area contributed by atoms with E-state index in [1.165, 1.54) is 11.0 Å². The molecule has 2 rings (SSSR count). The number of quaternary nitrogens is 1. The van der Waals surface area contributed by atoms with Gasteiger partial charge in [-0.3, -0.25) is 14.5 Å². The standard InChI is InChI=1S/C14H22N3O5/c1-3-6-22-14(21)17(2)9-11(19)7-12(17)16-5-4-15(10-18)8-13(16)20/h3,10-12,19H,1,4-9H2,2H3/q+1/t11-,12+,17?/m1/s1. The molecular formula is C14H22N3O5+. The van der Waals surface area contributed by atoms with E-state index in [-0.39, 0.29) is 30.1 Å². The summed E-state index contributed by atoms with van der Waals surface area (Å²) in [6, 6.07) is 0. The van der Waals surface area contributed by atoms with Crippen LogP contribution in [0.3, 0.4) is 0 Å². The Morgan fingerprint density at radius 1 is 1.55 bits per heavy atom. The van der Waals surface area contributed by atoms with Crippen molar-refractivity contribution in [2.24, 2.45) is 0 Å². The first kappa shape index (κ1) is 16.4. The molecule has 0 aromatic carbocycles. The van der Waals surface area contributed by atoms with Crippen molar-refractivity contribution < 1.29 is 28.7 Å². The molecule has 2 fully saturated rings. The normalized spacial score (nSPS) is 32.0. The molecule has 2 saturated heterocycles. The van der Waals surface area contributed by atoms with Gasteiger partial charge >= 0.3 is 6.09 Å². The van der Waals surface area contributed by atoms with E-state index in [1.54, 1.807) is 11.9 Å². The van der Waals surface area contributed by atoms with Gasteiger partial charge in [-0.25, -0.2) is 4.48 Å². The summed E-state index contributed by atoms with van der Waals surface area (Å²) < 4.78 is 4.95. The van der Waals surface area contributed by atoms with Crippen LogP contribution in [-0.2, 0) is 14.3 Å². The SMILES string of the molecule is C=CCOC(=O)[N+]1(C)C[C@H](O)C[C@H]1N1CCN(C=O)CC1=O. The summed E-state index contributed by atoms with van der Waals surface area (Å²) in [6.07, 6.45) is 0.779. The summed E-state index contributed by atoms with van der Waals surface area (Å²) in [5.41, 5.74) is 0. The number of carbonyl (C=O) groups excluding carboxylic acids is 3. The van der Waals surface area contributed by atoms with Crippen LogP contribution in [0.25, 0.3) is 0 Å². The first-order valence-corrected chi connectivity index (χ1v) is 7.22. The van der Waals surface area contributed by atoms with Gasteiger partial charge in [-0.2, -0.15) is 4.79 Å². The van der Waals surface area contributed by atoms with Crippen LogP contribution in [0.4, 0.5) is 4.79 Å². The first-order chi connectivity index (χ1) is 10.4. The third-order valence-electron chi connectivity index (χ3n) is 4.27. The molecule has 0 aromatic heterocycles. The Hall–Kier alpha value is -1.93. The molecule has 122 valence electrons. The maximum atomic E-state index is 12.3. The van der Waals surface area contributed by atoms with Crippen molar-refractivity contribution in [1.29, 1.82) is 0 Å². The number of nitrogens with zero attached hydrogens (tertiary/aromatic N) is 3. The maximum absolute atomic E-state index is 12.3. The predicted octanol–water partition coefficient (Wildman–Crippen LogP) is -0.853. The molecule has 0 aromatic rings. The van der Waals surface area contributed by atoms with Gasteiger partial charge in [0, 0.05) is 13.1 Å². The summed E-state index contributed by atoms with van der Waals surface area (Å²) in [6.45, 7) is 4.54. The van der Waals surface area contributed by atoms with Crippen molar-refractivity contribution in [1.82, 2.24) is 9.80 Å². The highest BCUT2D eigenvalue weighted by Gasteiger charge is 2.54. The first-order valence-electron chi connectivity index (χ1n) is 7.22. The van der Waals surface area contributed by atoms with Crippen LogP contribution >= 0.6 is 0 Å². The van der Waals surface area contributed by atoms with E-state index in [4.69, 9.17) is 4.74 Å². The van der Waals surface area contributed by atoms with Crippen LogP contribution < -0.4 is 0 Å². The highest BCUT2D eigenvalue weighted by Crippen LogP contribution is 2.30. The molecule has 0 radical (unpaired) electrons. The molecule has 3 atom stereocenters. The molecule has 3 amide bonds. The molecule has 8 heteroatoms. The van der Waals surface area contributed by atoms with Crippen molar-refractivity contribution in [3.8, 4) is 0 Å². The van der Waals surface area contributed by atoms with Crippen molar-refractivity contribution >= 4 is 18.4 Å². The minimum Gasteiger partial charge on any atom is -0.416 e. The average Bonchev–Trinajstić information content (AvgIpc) is 2.80. The maximum Gasteiger partial charge on any atom is 0.517 e. The summed E-state index contributed by atoms with van der Waals surface area (Å²) in [5, 5.41) is 9.98. The largest absolute Gasteiger partial charge is 0.517 e. The number of amides is 3. The van der Waals surface area contributed by atoms with Gasteiger partial charge in [-0.05, 0) is 0 Å². The van der Waals surface area contributed by atoms with Gasteiger partial charge in [0.15, 0.2) is 6.17 Å². The minimum absolute atomic E-state index is 0.00218. The molecule has 1 unspecified atom stereocenters. The number of rotatable bonds is 4. The van der Waals surface area contributed by atoms with E-state index in [0.29, 0.717) is 25.9 Å². The van der Waals surface area contributed by atoms with Gasteiger partial charge < -0.3 is 14.7 Å². The third-order valence-corrected chi connectivity index (χ3v) is 4.27. The topological polar surface area (TPSA) is 87.2 Å². The van der Waals surface area contributed by atoms with Gasteiger partial charge in [0.1, 0.15) is 19.3 Å². The molecule has 2 aliphatic rings. The van der Waals surface area contributed by atoms with E-state index in [2.05, 4.69) is 6.58 Å². The lowest BCUT2D eigenvalue weighted by Gasteiger charge is -2.41. The van der Waals surface area contributed by atoms with Gasteiger partial charge in [0.05, 0.1) is 20.0 Å². The van der Waals surface area contributed by atoms with E-state index in [0.717, 1.165) is 0 Å². The second-order valence-corrected chi connectivity index (χ2v) is 5.85. The number of hydrogen-bond acceptors (Lipinski definition) is 5. The fourth-order valence-corrected chi connectivity index (χ4v) is 3.13. The zero-order chi connectivity index (χ0) is 16.3. The lowest BCUT2D eigenvalue weighted by molar-refractivity contribution is -0.862. The van der Waals surface area contributed by atoms with E-state index in [9.17, 15) is 19.5 Å². The molecule has 22 heavy (non-hydrogen) atoms. The molecular weight excluding hydrogens is 290 g/mol. The minimum atomic E-state index is -0.678. The Morgan fingerprint density at radius 3 is 2.86 bits per heavy atom. The smallest absolute Gasteiger partial charge is 0.416 e. The van der Waals surface area contributed by atoms with Crippen LogP contribution in [-0.4, -0.2) is 89.9 Å². The van der Waals surface area contributed by atoms with Crippen LogP contribution in [0.1, 0.15) is 6.42 Å². The number of hydrogen-bond donors (Lipinski definition) is 1. The third kappa shape index (κ3) is 2.97. The van der Waals surface area contributed by atoms with Crippen LogP contribution in [0, 0.1) is 0 Å². The van der Waals surface area contributed by atoms with Gasteiger partial charge in [-0.15, -0.1) is 0 Å². The van der Waals surface area contributed by atoms with E-state index >= 15 is 0 Å². The Morgan fingerprint density at radius 2 is 2.27 bits per heavy atom. The molecule has 1 N–H and O–H groups in total. The zero-order valence-electron chi connectivity index (χ0n) is 12.7. The molecule has 0 spiro atoms. The van der Waals surface area contributed by atoms with Crippen LogP contribution in [0.15, 0.2) is 12.7 Å². The fraction of sp³-hybridized carbons (Fsp3) is 0.643. The average molecular weight is 312 g/mol. The monoisotopic (exact) mass is 312 g/mol. The Balaban J connectivity index is 2.16. The molecule has 2 heterocycles. The number of likely N-dealkylation sites (tertiary alicyclic amines) is 1. The van der Waals surface area contributed by atoms with Crippen molar-refractivity contribution in [2.75, 3.05) is 39.8 Å². The highest BCUT2D eigenvalue weighted by molar-refractivity contribution is 5.81. The van der Waals surface area contributed by atoms with Crippen molar-refractivity contribution in [3.63, 3.8) is 0 Å². The predicted molar refractivity (Wildman–Crippen MR) is 76.4 cm³/mol. The number of aliphatic hydroxyl groups is 1. The number of ether oxygens (including phenoxy) is 1. The Labute approximate surface area is 129 Å². The number of aliphatic hydroxyl groups excluding tert-OH is 1. The Bertz CT molecular complexity index is 483. The van der Waals surface area contributed by atoms with Gasteiger partial charge in [0.25, 0.3) is 0 Å².